The monoisotopic (exact) mass is 376 g/mol. The van der Waals surface area contributed by atoms with Gasteiger partial charge in [-0.1, -0.05) is 27.7 Å². The molecular weight excluding hydrogens is 356 g/mol. The molecule has 0 unspecified atom stereocenters. The molecule has 1 aromatic heterocycles. The highest BCUT2D eigenvalue weighted by atomic mass is 79.9. The summed E-state index contributed by atoms with van der Waals surface area (Å²) < 4.78 is 2.05. The van der Waals surface area contributed by atoms with Crippen LogP contribution in [0, 0.1) is 17.8 Å². The Bertz CT molecular complexity index is 370. The number of nitrogens with one attached hydrogen (secondary N) is 1. The lowest BCUT2D eigenvalue weighted by molar-refractivity contribution is 0.275. The summed E-state index contributed by atoms with van der Waals surface area (Å²) >= 11 is 6.95. The van der Waals surface area contributed by atoms with Crippen molar-refractivity contribution >= 4 is 31.9 Å². The standard InChI is InChI=1S/C14H22Br2N2/c1-9(2)12(10(3)4)7-17-8-14-13(16)5-11(15)6-18-14/h5-6,9-10,12,17H,7-8H2,1-4H3. The molecule has 0 aliphatic heterocycles. The normalized spacial score (nSPS) is 11.8. The Kier molecular flexibility index (Phi) is 6.82. The molecule has 4 heteroatoms. The minimum Gasteiger partial charge on any atom is -0.311 e. The molecule has 18 heavy (non-hydrogen) atoms. The third-order valence-corrected chi connectivity index (χ3v) is 4.39. The van der Waals surface area contributed by atoms with Crippen LogP contribution in [0.4, 0.5) is 0 Å². The Labute approximate surface area is 127 Å². The summed E-state index contributed by atoms with van der Waals surface area (Å²) in [5.41, 5.74) is 1.06. The van der Waals surface area contributed by atoms with Gasteiger partial charge in [0.15, 0.2) is 0 Å². The van der Waals surface area contributed by atoms with Crippen LogP contribution in [0.3, 0.4) is 0 Å². The number of hydrogen-bond acceptors (Lipinski definition) is 2. The van der Waals surface area contributed by atoms with Crippen molar-refractivity contribution in [1.29, 1.82) is 0 Å². The van der Waals surface area contributed by atoms with Gasteiger partial charge < -0.3 is 5.32 Å². The van der Waals surface area contributed by atoms with E-state index < -0.39 is 0 Å². The van der Waals surface area contributed by atoms with Gasteiger partial charge in [-0.3, -0.25) is 4.98 Å². The summed E-state index contributed by atoms with van der Waals surface area (Å²) in [6.45, 7) is 11.0. The van der Waals surface area contributed by atoms with E-state index in [0.29, 0.717) is 17.8 Å². The Morgan fingerprint density at radius 2 is 1.78 bits per heavy atom. The fraction of sp³-hybridized carbons (Fsp3) is 0.643. The first-order valence-corrected chi connectivity index (χ1v) is 8.01. The molecule has 0 radical (unpaired) electrons. The van der Waals surface area contributed by atoms with E-state index in [1.807, 2.05) is 12.3 Å². The SMILES string of the molecule is CC(C)C(CNCc1ncc(Br)cc1Br)C(C)C. The first kappa shape index (κ1) is 16.1. The highest BCUT2D eigenvalue weighted by Crippen LogP contribution is 2.21. The predicted octanol–water partition coefficient (Wildman–Crippen LogP) is 4.62. The van der Waals surface area contributed by atoms with E-state index in [4.69, 9.17) is 0 Å². The smallest absolute Gasteiger partial charge is 0.0684 e. The maximum Gasteiger partial charge on any atom is 0.0684 e. The third-order valence-electron chi connectivity index (χ3n) is 3.27. The van der Waals surface area contributed by atoms with Crippen LogP contribution in [0.5, 0.6) is 0 Å². The molecule has 0 fully saturated rings. The van der Waals surface area contributed by atoms with Crippen LogP contribution in [0.1, 0.15) is 33.4 Å². The molecule has 1 N–H and O–H groups in total. The lowest BCUT2D eigenvalue weighted by Gasteiger charge is -2.25. The van der Waals surface area contributed by atoms with Crippen LogP contribution in [0.15, 0.2) is 21.2 Å². The number of pyridine rings is 1. The van der Waals surface area contributed by atoms with Gasteiger partial charge in [0.2, 0.25) is 0 Å². The molecule has 0 amide bonds. The summed E-state index contributed by atoms with van der Waals surface area (Å²) in [7, 11) is 0. The fourth-order valence-electron chi connectivity index (χ4n) is 2.17. The van der Waals surface area contributed by atoms with E-state index in [9.17, 15) is 0 Å². The van der Waals surface area contributed by atoms with E-state index in [-0.39, 0.29) is 0 Å². The number of rotatable bonds is 6. The molecule has 0 saturated carbocycles. The Hall–Kier alpha value is 0.0700. The molecule has 0 saturated heterocycles. The lowest BCUT2D eigenvalue weighted by Crippen LogP contribution is -2.29. The quantitative estimate of drug-likeness (QED) is 0.781. The van der Waals surface area contributed by atoms with Gasteiger partial charge >= 0.3 is 0 Å². The van der Waals surface area contributed by atoms with Crippen molar-refractivity contribution < 1.29 is 0 Å². The van der Waals surface area contributed by atoms with E-state index in [2.05, 4.69) is 69.9 Å². The molecule has 1 rings (SSSR count). The molecule has 1 aromatic rings. The van der Waals surface area contributed by atoms with Gasteiger partial charge in [-0.15, -0.1) is 0 Å². The van der Waals surface area contributed by atoms with Crippen LogP contribution in [-0.4, -0.2) is 11.5 Å². The van der Waals surface area contributed by atoms with E-state index in [1.165, 1.54) is 0 Å². The van der Waals surface area contributed by atoms with Crippen LogP contribution >= 0.6 is 31.9 Å². The first-order valence-electron chi connectivity index (χ1n) is 6.42. The lowest BCUT2D eigenvalue weighted by atomic mass is 9.85. The number of halogens is 2. The molecule has 0 aromatic carbocycles. The Morgan fingerprint density at radius 1 is 1.17 bits per heavy atom. The van der Waals surface area contributed by atoms with Gasteiger partial charge in [0, 0.05) is 21.7 Å². The highest BCUT2D eigenvalue weighted by Gasteiger charge is 2.16. The second-order valence-electron chi connectivity index (χ2n) is 5.36. The number of nitrogens with zero attached hydrogens (tertiary/aromatic N) is 1. The van der Waals surface area contributed by atoms with Crippen LogP contribution in [-0.2, 0) is 6.54 Å². The molecule has 2 nitrogen and oxygen atoms in total. The zero-order chi connectivity index (χ0) is 13.7. The average molecular weight is 378 g/mol. The fourth-order valence-corrected chi connectivity index (χ4v) is 3.30. The van der Waals surface area contributed by atoms with Crippen molar-refractivity contribution in [2.45, 2.75) is 34.2 Å². The third kappa shape index (κ3) is 4.98. The highest BCUT2D eigenvalue weighted by molar-refractivity contribution is 9.11. The van der Waals surface area contributed by atoms with Crippen molar-refractivity contribution in [2.75, 3.05) is 6.54 Å². The topological polar surface area (TPSA) is 24.9 Å². The number of hydrogen-bond donors (Lipinski definition) is 1. The molecule has 0 atom stereocenters. The summed E-state index contributed by atoms with van der Waals surface area (Å²) in [5.74, 6) is 2.12. The van der Waals surface area contributed by atoms with Crippen LogP contribution < -0.4 is 5.32 Å². The van der Waals surface area contributed by atoms with Gasteiger partial charge in [-0.2, -0.15) is 0 Å². The predicted molar refractivity (Wildman–Crippen MR) is 84.5 cm³/mol. The minimum atomic E-state index is 0.707. The van der Waals surface area contributed by atoms with Crippen LogP contribution in [0.2, 0.25) is 0 Å². The van der Waals surface area contributed by atoms with Crippen molar-refractivity contribution in [3.63, 3.8) is 0 Å². The molecule has 102 valence electrons. The molecule has 0 aliphatic rings. The molecule has 0 spiro atoms. The van der Waals surface area contributed by atoms with Gasteiger partial charge in [0.1, 0.15) is 0 Å². The maximum absolute atomic E-state index is 4.41. The Morgan fingerprint density at radius 3 is 2.28 bits per heavy atom. The maximum atomic E-state index is 4.41. The first-order chi connectivity index (χ1) is 8.41. The second kappa shape index (κ2) is 7.61. The summed E-state index contributed by atoms with van der Waals surface area (Å²) in [6, 6.07) is 2.03. The molecule has 0 bridgehead atoms. The number of aromatic nitrogens is 1. The molecular formula is C14H22Br2N2. The van der Waals surface area contributed by atoms with Gasteiger partial charge in [0.05, 0.1) is 5.69 Å². The van der Waals surface area contributed by atoms with Gasteiger partial charge in [0.25, 0.3) is 0 Å². The van der Waals surface area contributed by atoms with E-state index >= 15 is 0 Å². The van der Waals surface area contributed by atoms with Crippen molar-refractivity contribution in [1.82, 2.24) is 10.3 Å². The zero-order valence-electron chi connectivity index (χ0n) is 11.5. The molecule has 0 aliphatic carbocycles. The van der Waals surface area contributed by atoms with Crippen molar-refractivity contribution in [3.05, 3.63) is 26.9 Å². The van der Waals surface area contributed by atoms with Crippen LogP contribution in [0.25, 0.3) is 0 Å². The Balaban J connectivity index is 2.50. The summed E-state index contributed by atoms with van der Waals surface area (Å²) in [5, 5.41) is 3.52. The summed E-state index contributed by atoms with van der Waals surface area (Å²) in [4.78, 5) is 4.41. The second-order valence-corrected chi connectivity index (χ2v) is 7.13. The van der Waals surface area contributed by atoms with Gasteiger partial charge in [-0.05, 0) is 62.2 Å². The van der Waals surface area contributed by atoms with Crippen molar-refractivity contribution in [2.24, 2.45) is 17.8 Å². The zero-order valence-corrected chi connectivity index (χ0v) is 14.7. The molecule has 1 heterocycles. The van der Waals surface area contributed by atoms with Gasteiger partial charge in [-0.25, -0.2) is 0 Å². The van der Waals surface area contributed by atoms with E-state index in [0.717, 1.165) is 27.7 Å². The van der Waals surface area contributed by atoms with Crippen molar-refractivity contribution in [3.8, 4) is 0 Å². The largest absolute Gasteiger partial charge is 0.311 e. The summed E-state index contributed by atoms with van der Waals surface area (Å²) in [6.07, 6.45) is 1.84. The van der Waals surface area contributed by atoms with E-state index in [1.54, 1.807) is 0 Å². The average Bonchev–Trinajstić information content (AvgIpc) is 2.25. The minimum absolute atomic E-state index is 0.707.